The van der Waals surface area contributed by atoms with Crippen LogP contribution in [0.25, 0.3) is 0 Å². The maximum absolute atomic E-state index is 11.7. The Morgan fingerprint density at radius 1 is 1.59 bits per heavy atom. The third-order valence-corrected chi connectivity index (χ3v) is 3.58. The number of ether oxygens (including phenoxy) is 1. The van der Waals surface area contributed by atoms with Crippen molar-refractivity contribution in [3.05, 3.63) is 22.5 Å². The fourth-order valence-electron chi connectivity index (χ4n) is 2.45. The first-order chi connectivity index (χ1) is 8.06. The smallest absolute Gasteiger partial charge is 0.355 e. The highest BCUT2D eigenvalue weighted by Gasteiger charge is 2.30. The minimum Gasteiger partial charge on any atom is -0.461 e. The van der Waals surface area contributed by atoms with Crippen LogP contribution < -0.4 is 0 Å². The van der Waals surface area contributed by atoms with Gasteiger partial charge in [0.25, 0.3) is 0 Å². The maximum atomic E-state index is 11.7. The number of esters is 1. The van der Waals surface area contributed by atoms with Gasteiger partial charge in [0.2, 0.25) is 0 Å². The lowest BCUT2D eigenvalue weighted by Crippen LogP contribution is -2.17. The molecule has 0 radical (unpaired) electrons. The van der Waals surface area contributed by atoms with Gasteiger partial charge in [0.15, 0.2) is 0 Å². The van der Waals surface area contributed by atoms with E-state index in [4.69, 9.17) is 4.74 Å². The summed E-state index contributed by atoms with van der Waals surface area (Å²) in [7, 11) is 0. The number of aromatic nitrogens is 1. The molecule has 0 amide bonds. The van der Waals surface area contributed by atoms with Crippen molar-refractivity contribution in [3.8, 4) is 0 Å². The molecule has 2 unspecified atom stereocenters. The number of nitrogens with one attached hydrogen (secondary N) is 1. The Bertz CT molecular complexity index is 436. The fourth-order valence-corrected chi connectivity index (χ4v) is 2.45. The van der Waals surface area contributed by atoms with Gasteiger partial charge in [0, 0.05) is 5.69 Å². The number of hydrogen-bond acceptors (Lipinski definition) is 3. The van der Waals surface area contributed by atoms with Gasteiger partial charge in [-0.15, -0.1) is 0 Å². The van der Waals surface area contributed by atoms with Crippen LogP contribution in [0.4, 0.5) is 0 Å². The highest BCUT2D eigenvalue weighted by atomic mass is 16.5. The number of fused-ring (bicyclic) bond motifs is 1. The third-order valence-electron chi connectivity index (χ3n) is 3.58. The number of rotatable bonds is 2. The summed E-state index contributed by atoms with van der Waals surface area (Å²) in [6.07, 6.45) is 1.37. The van der Waals surface area contributed by atoms with Crippen LogP contribution in [0.2, 0.25) is 0 Å². The lowest BCUT2D eigenvalue weighted by Gasteiger charge is -2.24. The Balaban J connectivity index is 2.39. The molecule has 0 aromatic carbocycles. The van der Waals surface area contributed by atoms with Gasteiger partial charge in [0.05, 0.1) is 12.7 Å². The van der Waals surface area contributed by atoms with Gasteiger partial charge in [-0.05, 0) is 43.7 Å². The Kier molecular flexibility index (Phi) is 3.24. The van der Waals surface area contributed by atoms with Crippen molar-refractivity contribution < 1.29 is 14.6 Å². The van der Waals surface area contributed by atoms with Gasteiger partial charge >= 0.3 is 5.97 Å². The zero-order valence-corrected chi connectivity index (χ0v) is 10.5. The minimum absolute atomic E-state index is 0.232. The van der Waals surface area contributed by atoms with E-state index in [0.29, 0.717) is 12.3 Å². The minimum atomic E-state index is -0.499. The van der Waals surface area contributed by atoms with E-state index >= 15 is 0 Å². The number of carbonyl (C=O) groups is 1. The van der Waals surface area contributed by atoms with Crippen molar-refractivity contribution in [1.82, 2.24) is 4.98 Å². The predicted octanol–water partition coefficient (Wildman–Crippen LogP) is 2.12. The van der Waals surface area contributed by atoms with Crippen LogP contribution in [0.3, 0.4) is 0 Å². The Hall–Kier alpha value is -1.29. The molecule has 94 valence electrons. The first-order valence-corrected chi connectivity index (χ1v) is 6.12. The number of aromatic amines is 1. The van der Waals surface area contributed by atoms with Gasteiger partial charge in [-0.25, -0.2) is 4.79 Å². The van der Waals surface area contributed by atoms with E-state index in [0.717, 1.165) is 29.7 Å². The lowest BCUT2D eigenvalue weighted by molar-refractivity contribution is 0.0518. The van der Waals surface area contributed by atoms with E-state index in [1.54, 1.807) is 6.92 Å². The van der Waals surface area contributed by atoms with Gasteiger partial charge in [-0.1, -0.05) is 6.92 Å². The topological polar surface area (TPSA) is 62.3 Å². The average Bonchev–Trinajstić information content (AvgIpc) is 2.63. The van der Waals surface area contributed by atoms with Crippen LogP contribution in [-0.4, -0.2) is 22.7 Å². The SMILES string of the molecule is CCOC(=O)c1[nH]c2c(c1C)CCC(C)C2O. The van der Waals surface area contributed by atoms with Gasteiger partial charge < -0.3 is 14.8 Å². The van der Waals surface area contributed by atoms with Gasteiger partial charge in [-0.3, -0.25) is 0 Å². The first kappa shape index (κ1) is 12.2. The third kappa shape index (κ3) is 1.97. The van der Waals surface area contributed by atoms with E-state index in [1.807, 2.05) is 13.8 Å². The molecule has 0 aliphatic heterocycles. The second kappa shape index (κ2) is 4.53. The Morgan fingerprint density at radius 3 is 2.94 bits per heavy atom. The second-order valence-electron chi connectivity index (χ2n) is 4.70. The molecule has 2 rings (SSSR count). The summed E-state index contributed by atoms with van der Waals surface area (Å²) in [5, 5.41) is 10.1. The monoisotopic (exact) mass is 237 g/mol. The summed E-state index contributed by atoms with van der Waals surface area (Å²) in [6.45, 7) is 6.08. The maximum Gasteiger partial charge on any atom is 0.355 e. The standard InChI is InChI=1S/C13H19NO3/c1-4-17-13(16)10-8(3)9-6-5-7(2)12(15)11(9)14-10/h7,12,14-15H,4-6H2,1-3H3. The summed E-state index contributed by atoms with van der Waals surface area (Å²) in [5.41, 5.74) is 3.29. The molecule has 1 aliphatic carbocycles. The molecule has 0 saturated heterocycles. The highest BCUT2D eigenvalue weighted by Crippen LogP contribution is 2.36. The highest BCUT2D eigenvalue weighted by molar-refractivity contribution is 5.89. The Morgan fingerprint density at radius 2 is 2.29 bits per heavy atom. The summed E-state index contributed by atoms with van der Waals surface area (Å²) >= 11 is 0. The molecule has 1 aromatic heterocycles. The summed E-state index contributed by atoms with van der Waals surface area (Å²) in [4.78, 5) is 14.8. The number of hydrogen-bond donors (Lipinski definition) is 2. The van der Waals surface area contributed by atoms with E-state index in [-0.39, 0.29) is 11.9 Å². The number of carbonyl (C=O) groups excluding carboxylic acids is 1. The summed E-state index contributed by atoms with van der Waals surface area (Å²) < 4.78 is 5.00. The molecule has 1 heterocycles. The van der Waals surface area contributed by atoms with Crippen molar-refractivity contribution in [2.75, 3.05) is 6.61 Å². The van der Waals surface area contributed by atoms with Crippen LogP contribution in [0.15, 0.2) is 0 Å². The molecular formula is C13H19NO3. The zero-order chi connectivity index (χ0) is 12.6. The summed E-state index contributed by atoms with van der Waals surface area (Å²) in [6, 6.07) is 0. The molecule has 17 heavy (non-hydrogen) atoms. The molecular weight excluding hydrogens is 218 g/mol. The number of aliphatic hydroxyl groups excluding tert-OH is 1. The van der Waals surface area contributed by atoms with Gasteiger partial charge in [0.1, 0.15) is 5.69 Å². The van der Waals surface area contributed by atoms with Crippen LogP contribution >= 0.6 is 0 Å². The van der Waals surface area contributed by atoms with Crippen molar-refractivity contribution >= 4 is 5.97 Å². The molecule has 0 fully saturated rings. The van der Waals surface area contributed by atoms with Crippen LogP contribution in [0.1, 0.15) is 53.7 Å². The molecule has 0 spiro atoms. The number of aliphatic hydroxyl groups is 1. The predicted molar refractivity (Wildman–Crippen MR) is 63.9 cm³/mol. The molecule has 1 aromatic rings. The van der Waals surface area contributed by atoms with Crippen LogP contribution in [-0.2, 0) is 11.2 Å². The van der Waals surface area contributed by atoms with Crippen LogP contribution in [0.5, 0.6) is 0 Å². The van der Waals surface area contributed by atoms with Crippen molar-refractivity contribution in [2.24, 2.45) is 5.92 Å². The first-order valence-electron chi connectivity index (χ1n) is 6.12. The fraction of sp³-hybridized carbons (Fsp3) is 0.615. The average molecular weight is 237 g/mol. The zero-order valence-electron chi connectivity index (χ0n) is 10.5. The molecule has 4 heteroatoms. The Labute approximate surface area is 101 Å². The molecule has 2 N–H and O–H groups in total. The van der Waals surface area contributed by atoms with E-state index in [9.17, 15) is 9.90 Å². The van der Waals surface area contributed by atoms with Gasteiger partial charge in [-0.2, -0.15) is 0 Å². The molecule has 2 atom stereocenters. The normalized spacial score (nSPS) is 23.3. The quantitative estimate of drug-likeness (QED) is 0.774. The van der Waals surface area contributed by atoms with E-state index < -0.39 is 6.10 Å². The van der Waals surface area contributed by atoms with E-state index in [2.05, 4.69) is 4.98 Å². The van der Waals surface area contributed by atoms with E-state index in [1.165, 1.54) is 0 Å². The second-order valence-corrected chi connectivity index (χ2v) is 4.70. The molecule has 0 saturated carbocycles. The summed E-state index contributed by atoms with van der Waals surface area (Å²) in [5.74, 6) is -0.102. The molecule has 0 bridgehead atoms. The van der Waals surface area contributed by atoms with Crippen molar-refractivity contribution in [3.63, 3.8) is 0 Å². The lowest BCUT2D eigenvalue weighted by atomic mass is 9.85. The molecule has 4 nitrogen and oxygen atoms in total. The van der Waals surface area contributed by atoms with Crippen molar-refractivity contribution in [1.29, 1.82) is 0 Å². The van der Waals surface area contributed by atoms with Crippen molar-refractivity contribution in [2.45, 2.75) is 39.7 Å². The number of H-pyrrole nitrogens is 1. The van der Waals surface area contributed by atoms with Crippen LogP contribution in [0, 0.1) is 12.8 Å². The molecule has 1 aliphatic rings. The largest absolute Gasteiger partial charge is 0.461 e.